The zero-order valence-corrected chi connectivity index (χ0v) is 8.65. The quantitative estimate of drug-likeness (QED) is 0.674. The van der Waals surface area contributed by atoms with Gasteiger partial charge in [0, 0.05) is 19.2 Å². The highest BCUT2D eigenvalue weighted by molar-refractivity contribution is 5.66. The summed E-state index contributed by atoms with van der Waals surface area (Å²) in [6.45, 7) is 0.844. The van der Waals surface area contributed by atoms with Crippen LogP contribution < -0.4 is 5.32 Å². The van der Waals surface area contributed by atoms with Crippen molar-refractivity contribution in [2.45, 2.75) is 25.7 Å². The minimum Gasteiger partial charge on any atom is -0.481 e. The van der Waals surface area contributed by atoms with Crippen LogP contribution in [0.5, 0.6) is 0 Å². The number of hydrogen-bond acceptors (Lipinski definition) is 3. The average Bonchev–Trinajstić information content (AvgIpc) is 2.24. The summed E-state index contributed by atoms with van der Waals surface area (Å²) in [7, 11) is 0. The Kier molecular flexibility index (Phi) is 5.22. The third-order valence-electron chi connectivity index (χ3n) is 2.04. The average molecular weight is 208 g/mol. The Bertz CT molecular complexity index is 288. The Balaban J connectivity index is 2.00. The van der Waals surface area contributed by atoms with E-state index in [1.54, 1.807) is 6.20 Å². The van der Waals surface area contributed by atoms with Crippen LogP contribution in [0.2, 0.25) is 0 Å². The molecule has 15 heavy (non-hydrogen) atoms. The summed E-state index contributed by atoms with van der Waals surface area (Å²) in [4.78, 5) is 14.3. The molecule has 0 aliphatic carbocycles. The fourth-order valence-corrected chi connectivity index (χ4v) is 1.26. The Hall–Kier alpha value is -1.58. The number of rotatable bonds is 7. The number of aromatic nitrogens is 1. The molecule has 0 bridgehead atoms. The lowest BCUT2D eigenvalue weighted by Gasteiger charge is -2.03. The van der Waals surface area contributed by atoms with Gasteiger partial charge in [-0.25, -0.2) is 4.98 Å². The molecule has 82 valence electrons. The molecule has 1 aromatic rings. The smallest absolute Gasteiger partial charge is 0.303 e. The number of aliphatic carboxylic acids is 1. The van der Waals surface area contributed by atoms with E-state index < -0.39 is 5.97 Å². The molecular formula is C11H16N2O2. The highest BCUT2D eigenvalue weighted by Crippen LogP contribution is 2.03. The monoisotopic (exact) mass is 208 g/mol. The van der Waals surface area contributed by atoms with Crippen LogP contribution in [0, 0.1) is 0 Å². The van der Waals surface area contributed by atoms with Crippen LogP contribution in [-0.4, -0.2) is 22.6 Å². The molecule has 0 aliphatic rings. The molecule has 0 spiro atoms. The number of nitrogens with one attached hydrogen (secondary N) is 1. The first kappa shape index (κ1) is 11.5. The lowest BCUT2D eigenvalue weighted by molar-refractivity contribution is -0.137. The molecule has 4 nitrogen and oxygen atoms in total. The maximum atomic E-state index is 10.2. The molecule has 0 saturated carbocycles. The van der Waals surface area contributed by atoms with E-state index in [1.807, 2.05) is 18.2 Å². The largest absolute Gasteiger partial charge is 0.481 e. The molecule has 0 aromatic carbocycles. The van der Waals surface area contributed by atoms with Crippen LogP contribution in [0.4, 0.5) is 5.82 Å². The van der Waals surface area contributed by atoms with Crippen LogP contribution in [0.3, 0.4) is 0 Å². The molecule has 0 aliphatic heterocycles. The van der Waals surface area contributed by atoms with Crippen molar-refractivity contribution >= 4 is 11.8 Å². The molecule has 0 fully saturated rings. The highest BCUT2D eigenvalue weighted by Gasteiger charge is 1.96. The van der Waals surface area contributed by atoms with Gasteiger partial charge in [-0.05, 0) is 25.0 Å². The van der Waals surface area contributed by atoms with E-state index in [2.05, 4.69) is 10.3 Å². The maximum absolute atomic E-state index is 10.2. The summed E-state index contributed by atoms with van der Waals surface area (Å²) in [5.74, 6) is 0.156. The molecule has 0 amide bonds. The first-order valence-electron chi connectivity index (χ1n) is 5.16. The molecule has 0 unspecified atom stereocenters. The van der Waals surface area contributed by atoms with Crippen LogP contribution >= 0.6 is 0 Å². The van der Waals surface area contributed by atoms with Gasteiger partial charge in [-0.15, -0.1) is 0 Å². The van der Waals surface area contributed by atoms with Crippen molar-refractivity contribution in [1.29, 1.82) is 0 Å². The molecule has 1 heterocycles. The minimum absolute atomic E-state index is 0.267. The van der Waals surface area contributed by atoms with Gasteiger partial charge in [-0.1, -0.05) is 12.5 Å². The predicted octanol–water partition coefficient (Wildman–Crippen LogP) is 2.14. The molecule has 4 heteroatoms. The summed E-state index contributed by atoms with van der Waals surface area (Å²) in [6.07, 6.45) is 4.67. The topological polar surface area (TPSA) is 62.2 Å². The number of hydrogen-bond donors (Lipinski definition) is 2. The van der Waals surface area contributed by atoms with E-state index >= 15 is 0 Å². The molecule has 0 radical (unpaired) electrons. The number of nitrogens with zero attached hydrogens (tertiary/aromatic N) is 1. The van der Waals surface area contributed by atoms with Gasteiger partial charge in [-0.3, -0.25) is 4.79 Å². The lowest BCUT2D eigenvalue weighted by Crippen LogP contribution is -2.03. The summed E-state index contributed by atoms with van der Waals surface area (Å²) < 4.78 is 0. The van der Waals surface area contributed by atoms with Crippen molar-refractivity contribution in [3.05, 3.63) is 24.4 Å². The molecule has 1 rings (SSSR count). The third kappa shape index (κ3) is 5.67. The van der Waals surface area contributed by atoms with Crippen LogP contribution in [0.1, 0.15) is 25.7 Å². The predicted molar refractivity (Wildman–Crippen MR) is 58.8 cm³/mol. The Morgan fingerprint density at radius 3 is 2.87 bits per heavy atom. The molecular weight excluding hydrogens is 192 g/mol. The SMILES string of the molecule is O=C(O)CCCCCNc1ccccn1. The molecule has 0 atom stereocenters. The zero-order valence-electron chi connectivity index (χ0n) is 8.65. The number of pyridine rings is 1. The Labute approximate surface area is 89.3 Å². The van der Waals surface area contributed by atoms with E-state index in [1.165, 1.54) is 0 Å². The van der Waals surface area contributed by atoms with Crippen molar-refractivity contribution in [3.63, 3.8) is 0 Å². The number of unbranched alkanes of at least 4 members (excludes halogenated alkanes) is 2. The maximum Gasteiger partial charge on any atom is 0.303 e. The number of carbonyl (C=O) groups is 1. The van der Waals surface area contributed by atoms with E-state index in [4.69, 9.17) is 5.11 Å². The van der Waals surface area contributed by atoms with Crippen LogP contribution in [0.25, 0.3) is 0 Å². The standard InChI is InChI=1S/C11H16N2O2/c14-11(15)7-2-1-4-8-12-10-6-3-5-9-13-10/h3,5-6,9H,1-2,4,7-8H2,(H,12,13)(H,14,15). The van der Waals surface area contributed by atoms with Gasteiger partial charge < -0.3 is 10.4 Å². The summed E-state index contributed by atoms with van der Waals surface area (Å²) in [5, 5.41) is 11.6. The first-order valence-corrected chi connectivity index (χ1v) is 5.16. The minimum atomic E-state index is -0.715. The summed E-state index contributed by atoms with van der Waals surface area (Å²) in [5.41, 5.74) is 0. The first-order chi connectivity index (χ1) is 7.29. The molecule has 0 saturated heterocycles. The van der Waals surface area contributed by atoms with Crippen LogP contribution in [-0.2, 0) is 4.79 Å². The summed E-state index contributed by atoms with van der Waals surface area (Å²) >= 11 is 0. The van der Waals surface area contributed by atoms with Crippen molar-refractivity contribution in [1.82, 2.24) is 4.98 Å². The molecule has 1 aromatic heterocycles. The van der Waals surface area contributed by atoms with Gasteiger partial charge in [0.25, 0.3) is 0 Å². The van der Waals surface area contributed by atoms with Crippen LogP contribution in [0.15, 0.2) is 24.4 Å². The van der Waals surface area contributed by atoms with Gasteiger partial charge in [0.2, 0.25) is 0 Å². The van der Waals surface area contributed by atoms with Crippen molar-refractivity contribution in [2.24, 2.45) is 0 Å². The number of carboxylic acids is 1. The second kappa shape index (κ2) is 6.81. The van der Waals surface area contributed by atoms with E-state index in [0.29, 0.717) is 0 Å². The van der Waals surface area contributed by atoms with E-state index in [0.717, 1.165) is 31.6 Å². The van der Waals surface area contributed by atoms with Crippen molar-refractivity contribution in [3.8, 4) is 0 Å². The van der Waals surface area contributed by atoms with E-state index in [-0.39, 0.29) is 6.42 Å². The summed E-state index contributed by atoms with van der Waals surface area (Å²) in [6, 6.07) is 5.72. The fourth-order valence-electron chi connectivity index (χ4n) is 1.26. The van der Waals surface area contributed by atoms with E-state index in [9.17, 15) is 4.79 Å². The van der Waals surface area contributed by atoms with Crippen molar-refractivity contribution in [2.75, 3.05) is 11.9 Å². The zero-order chi connectivity index (χ0) is 10.9. The van der Waals surface area contributed by atoms with Gasteiger partial charge in [0.1, 0.15) is 5.82 Å². The Morgan fingerprint density at radius 2 is 2.20 bits per heavy atom. The van der Waals surface area contributed by atoms with Gasteiger partial charge in [-0.2, -0.15) is 0 Å². The van der Waals surface area contributed by atoms with Gasteiger partial charge >= 0.3 is 5.97 Å². The normalized spacial score (nSPS) is 9.87. The third-order valence-corrected chi connectivity index (χ3v) is 2.04. The van der Waals surface area contributed by atoms with Gasteiger partial charge in [0.05, 0.1) is 0 Å². The second-order valence-corrected chi connectivity index (χ2v) is 3.35. The molecule has 2 N–H and O–H groups in total. The lowest BCUT2D eigenvalue weighted by atomic mass is 10.2. The number of carboxylic acid groups (broad SMARTS) is 1. The highest BCUT2D eigenvalue weighted by atomic mass is 16.4. The van der Waals surface area contributed by atoms with Gasteiger partial charge in [0.15, 0.2) is 0 Å². The van der Waals surface area contributed by atoms with Crippen molar-refractivity contribution < 1.29 is 9.90 Å². The Morgan fingerprint density at radius 1 is 1.33 bits per heavy atom. The second-order valence-electron chi connectivity index (χ2n) is 3.35. The fraction of sp³-hybridized carbons (Fsp3) is 0.455. The number of anilines is 1.